The Bertz CT molecular complexity index is 380. The third kappa shape index (κ3) is 4.26. The first-order valence-electron chi connectivity index (χ1n) is 5.72. The van der Waals surface area contributed by atoms with Crippen LogP contribution in [0, 0.1) is 6.92 Å². The zero-order valence-corrected chi connectivity index (χ0v) is 10.3. The van der Waals surface area contributed by atoms with E-state index in [4.69, 9.17) is 5.73 Å². The van der Waals surface area contributed by atoms with E-state index in [1.165, 1.54) is 6.33 Å². The van der Waals surface area contributed by atoms with Crippen LogP contribution in [0.4, 0.5) is 11.6 Å². The van der Waals surface area contributed by atoms with E-state index in [0.29, 0.717) is 19.4 Å². The molecule has 0 saturated carbocycles. The van der Waals surface area contributed by atoms with Gasteiger partial charge in [-0.15, -0.1) is 0 Å². The van der Waals surface area contributed by atoms with E-state index in [-0.39, 0.29) is 5.91 Å². The van der Waals surface area contributed by atoms with E-state index < -0.39 is 0 Å². The van der Waals surface area contributed by atoms with Crippen molar-refractivity contribution < 1.29 is 4.79 Å². The number of nitrogens with zero attached hydrogens (tertiary/aromatic N) is 2. The SMILES string of the molecule is CCNc1ncnc(NCCCC(N)=O)c1C. The lowest BCUT2D eigenvalue weighted by Gasteiger charge is -2.11. The van der Waals surface area contributed by atoms with Gasteiger partial charge in [-0.1, -0.05) is 0 Å². The minimum atomic E-state index is -0.278. The van der Waals surface area contributed by atoms with Crippen molar-refractivity contribution in [2.24, 2.45) is 5.73 Å². The Labute approximate surface area is 101 Å². The van der Waals surface area contributed by atoms with E-state index in [1.54, 1.807) is 0 Å². The van der Waals surface area contributed by atoms with Crippen LogP contribution in [0.1, 0.15) is 25.3 Å². The van der Waals surface area contributed by atoms with Crippen LogP contribution in [0.15, 0.2) is 6.33 Å². The van der Waals surface area contributed by atoms with E-state index in [0.717, 1.165) is 23.7 Å². The van der Waals surface area contributed by atoms with Gasteiger partial charge < -0.3 is 16.4 Å². The highest BCUT2D eigenvalue weighted by molar-refractivity contribution is 5.73. The van der Waals surface area contributed by atoms with Crippen molar-refractivity contribution in [3.05, 3.63) is 11.9 Å². The summed E-state index contributed by atoms with van der Waals surface area (Å²) in [6.07, 6.45) is 2.61. The van der Waals surface area contributed by atoms with Crippen LogP contribution in [0.5, 0.6) is 0 Å². The number of nitrogens with two attached hydrogens (primary N) is 1. The number of amides is 1. The number of anilines is 2. The first kappa shape index (κ1) is 13.2. The van der Waals surface area contributed by atoms with Crippen LogP contribution in [-0.4, -0.2) is 29.0 Å². The minimum absolute atomic E-state index is 0.278. The Morgan fingerprint density at radius 1 is 1.35 bits per heavy atom. The van der Waals surface area contributed by atoms with Gasteiger partial charge in [0.1, 0.15) is 18.0 Å². The van der Waals surface area contributed by atoms with Crippen LogP contribution in [0.25, 0.3) is 0 Å². The second-order valence-corrected chi connectivity index (χ2v) is 3.72. The maximum Gasteiger partial charge on any atom is 0.217 e. The summed E-state index contributed by atoms with van der Waals surface area (Å²) in [7, 11) is 0. The van der Waals surface area contributed by atoms with Crippen LogP contribution in [-0.2, 0) is 4.79 Å². The Kier molecular flexibility index (Phi) is 5.19. The van der Waals surface area contributed by atoms with Gasteiger partial charge in [0.05, 0.1) is 0 Å². The molecule has 94 valence electrons. The smallest absolute Gasteiger partial charge is 0.217 e. The molecular weight excluding hydrogens is 218 g/mol. The molecule has 0 aliphatic rings. The summed E-state index contributed by atoms with van der Waals surface area (Å²) in [6, 6.07) is 0. The van der Waals surface area contributed by atoms with Crippen molar-refractivity contribution in [3.63, 3.8) is 0 Å². The van der Waals surface area contributed by atoms with Gasteiger partial charge >= 0.3 is 0 Å². The Morgan fingerprint density at radius 3 is 2.59 bits per heavy atom. The van der Waals surface area contributed by atoms with Crippen molar-refractivity contribution >= 4 is 17.5 Å². The lowest BCUT2D eigenvalue weighted by Crippen LogP contribution is -2.14. The molecule has 0 spiro atoms. The molecule has 0 aliphatic carbocycles. The second kappa shape index (κ2) is 6.67. The van der Waals surface area contributed by atoms with Gasteiger partial charge in [-0.05, 0) is 20.3 Å². The summed E-state index contributed by atoms with van der Waals surface area (Å²) in [6.45, 7) is 5.46. The monoisotopic (exact) mass is 237 g/mol. The summed E-state index contributed by atoms with van der Waals surface area (Å²) in [5, 5.41) is 6.33. The molecule has 1 heterocycles. The number of hydrogen-bond donors (Lipinski definition) is 3. The number of primary amides is 1. The highest BCUT2D eigenvalue weighted by Crippen LogP contribution is 2.17. The molecule has 1 aromatic heterocycles. The van der Waals surface area contributed by atoms with Gasteiger partial charge in [-0.3, -0.25) is 4.79 Å². The predicted octanol–water partition coefficient (Wildman–Crippen LogP) is 0.894. The summed E-state index contributed by atoms with van der Waals surface area (Å²) in [4.78, 5) is 18.9. The number of rotatable bonds is 7. The Hall–Kier alpha value is -1.85. The molecule has 1 amide bonds. The molecule has 17 heavy (non-hydrogen) atoms. The quantitative estimate of drug-likeness (QED) is 0.612. The first-order valence-corrected chi connectivity index (χ1v) is 5.72. The predicted molar refractivity (Wildman–Crippen MR) is 67.9 cm³/mol. The lowest BCUT2D eigenvalue weighted by molar-refractivity contribution is -0.118. The summed E-state index contributed by atoms with van der Waals surface area (Å²) >= 11 is 0. The summed E-state index contributed by atoms with van der Waals surface area (Å²) < 4.78 is 0. The number of hydrogen-bond acceptors (Lipinski definition) is 5. The molecule has 1 aromatic rings. The molecular formula is C11H19N5O. The van der Waals surface area contributed by atoms with Crippen molar-refractivity contribution in [2.75, 3.05) is 23.7 Å². The van der Waals surface area contributed by atoms with Gasteiger partial charge in [0.2, 0.25) is 5.91 Å². The molecule has 0 aliphatic heterocycles. The highest BCUT2D eigenvalue weighted by Gasteiger charge is 2.05. The zero-order chi connectivity index (χ0) is 12.7. The fourth-order valence-electron chi connectivity index (χ4n) is 1.44. The summed E-state index contributed by atoms with van der Waals surface area (Å²) in [5.41, 5.74) is 6.04. The lowest BCUT2D eigenvalue weighted by atomic mass is 10.2. The van der Waals surface area contributed by atoms with Crippen molar-refractivity contribution in [3.8, 4) is 0 Å². The summed E-state index contributed by atoms with van der Waals surface area (Å²) in [5.74, 6) is 1.35. The maximum absolute atomic E-state index is 10.6. The van der Waals surface area contributed by atoms with E-state index in [1.807, 2.05) is 13.8 Å². The molecule has 0 bridgehead atoms. The number of carbonyl (C=O) groups excluding carboxylic acids is 1. The molecule has 6 nitrogen and oxygen atoms in total. The van der Waals surface area contributed by atoms with Crippen molar-refractivity contribution in [1.29, 1.82) is 0 Å². The van der Waals surface area contributed by atoms with Gasteiger partial charge in [-0.2, -0.15) is 0 Å². The van der Waals surface area contributed by atoms with Gasteiger partial charge in [-0.25, -0.2) is 9.97 Å². The topological polar surface area (TPSA) is 92.9 Å². The van der Waals surface area contributed by atoms with E-state index in [2.05, 4.69) is 20.6 Å². The van der Waals surface area contributed by atoms with Crippen LogP contribution in [0.2, 0.25) is 0 Å². The number of aromatic nitrogens is 2. The zero-order valence-electron chi connectivity index (χ0n) is 10.3. The largest absolute Gasteiger partial charge is 0.370 e. The third-order valence-corrected chi connectivity index (χ3v) is 2.32. The molecule has 4 N–H and O–H groups in total. The average Bonchev–Trinajstić information content (AvgIpc) is 2.29. The Morgan fingerprint density at radius 2 is 2.00 bits per heavy atom. The van der Waals surface area contributed by atoms with Gasteiger partial charge in [0.15, 0.2) is 0 Å². The van der Waals surface area contributed by atoms with Gasteiger partial charge in [0.25, 0.3) is 0 Å². The van der Waals surface area contributed by atoms with Crippen LogP contribution in [0.3, 0.4) is 0 Å². The van der Waals surface area contributed by atoms with Crippen molar-refractivity contribution in [1.82, 2.24) is 9.97 Å². The molecule has 0 unspecified atom stereocenters. The number of nitrogens with one attached hydrogen (secondary N) is 2. The molecule has 1 rings (SSSR count). The average molecular weight is 237 g/mol. The van der Waals surface area contributed by atoms with Crippen molar-refractivity contribution in [2.45, 2.75) is 26.7 Å². The molecule has 0 fully saturated rings. The fraction of sp³-hybridized carbons (Fsp3) is 0.545. The third-order valence-electron chi connectivity index (χ3n) is 2.32. The Balaban J connectivity index is 2.53. The van der Waals surface area contributed by atoms with E-state index >= 15 is 0 Å². The fourth-order valence-corrected chi connectivity index (χ4v) is 1.44. The minimum Gasteiger partial charge on any atom is -0.370 e. The van der Waals surface area contributed by atoms with Gasteiger partial charge in [0, 0.05) is 25.1 Å². The van der Waals surface area contributed by atoms with Crippen LogP contribution < -0.4 is 16.4 Å². The standard InChI is InChI=1S/C11H19N5O/c1-3-13-10-8(2)11(16-7-15-10)14-6-4-5-9(12)17/h7H,3-6H2,1-2H3,(H2,12,17)(H2,13,14,15,16). The molecule has 0 atom stereocenters. The highest BCUT2D eigenvalue weighted by atomic mass is 16.1. The number of carbonyl (C=O) groups is 1. The molecule has 0 radical (unpaired) electrons. The molecule has 0 saturated heterocycles. The van der Waals surface area contributed by atoms with Crippen LogP contribution >= 0.6 is 0 Å². The second-order valence-electron chi connectivity index (χ2n) is 3.72. The van der Waals surface area contributed by atoms with E-state index in [9.17, 15) is 4.79 Å². The first-order chi connectivity index (χ1) is 8.15. The normalized spacial score (nSPS) is 10.0. The maximum atomic E-state index is 10.6. The molecule has 0 aromatic carbocycles. The molecule has 6 heteroatoms.